The van der Waals surface area contributed by atoms with Crippen molar-refractivity contribution in [3.63, 3.8) is 0 Å². The lowest BCUT2D eigenvalue weighted by atomic mass is 10.1. The smallest absolute Gasteiger partial charge is 0.261 e. The Kier molecular flexibility index (Phi) is 5.38. The van der Waals surface area contributed by atoms with Crippen LogP contribution in [-0.4, -0.2) is 49.0 Å². The number of carbonyl (C=O) groups is 3. The molecule has 1 saturated heterocycles. The van der Waals surface area contributed by atoms with E-state index >= 15 is 0 Å². The molecule has 29 heavy (non-hydrogen) atoms. The van der Waals surface area contributed by atoms with Crippen molar-refractivity contribution >= 4 is 39.3 Å². The summed E-state index contributed by atoms with van der Waals surface area (Å²) in [6.45, 7) is 0.909. The van der Waals surface area contributed by atoms with Crippen LogP contribution in [0, 0.1) is 0 Å². The molecule has 2 aliphatic rings. The summed E-state index contributed by atoms with van der Waals surface area (Å²) < 4.78 is 11.5. The van der Waals surface area contributed by atoms with Gasteiger partial charge in [0.05, 0.1) is 36.4 Å². The van der Waals surface area contributed by atoms with Crippen LogP contribution in [0.3, 0.4) is 0 Å². The Morgan fingerprint density at radius 2 is 2.00 bits per heavy atom. The number of anilines is 1. The Morgan fingerprint density at radius 1 is 1.21 bits per heavy atom. The minimum absolute atomic E-state index is 0.111. The molecule has 8 heteroatoms. The van der Waals surface area contributed by atoms with Crippen molar-refractivity contribution in [2.75, 3.05) is 25.6 Å². The first-order valence-electron chi connectivity index (χ1n) is 9.24. The fourth-order valence-electron chi connectivity index (χ4n) is 3.58. The Bertz CT molecular complexity index is 1000. The van der Waals surface area contributed by atoms with Gasteiger partial charge in [0, 0.05) is 16.8 Å². The van der Waals surface area contributed by atoms with Crippen molar-refractivity contribution < 1.29 is 23.9 Å². The summed E-state index contributed by atoms with van der Waals surface area (Å²) >= 11 is 3.34. The van der Waals surface area contributed by atoms with Gasteiger partial charge in [-0.05, 0) is 49.2 Å². The van der Waals surface area contributed by atoms with Gasteiger partial charge in [-0.3, -0.25) is 19.3 Å². The minimum atomic E-state index is -0.379. The Morgan fingerprint density at radius 3 is 2.72 bits per heavy atom. The average molecular weight is 459 g/mol. The highest BCUT2D eigenvalue weighted by Crippen LogP contribution is 2.29. The maximum atomic E-state index is 12.8. The van der Waals surface area contributed by atoms with Gasteiger partial charge < -0.3 is 14.8 Å². The third-order valence-corrected chi connectivity index (χ3v) is 5.54. The lowest BCUT2D eigenvalue weighted by Gasteiger charge is -2.17. The normalized spacial score (nSPS) is 18.1. The summed E-state index contributed by atoms with van der Waals surface area (Å²) in [7, 11) is 1.49. The summed E-state index contributed by atoms with van der Waals surface area (Å²) in [6.07, 6.45) is 1.66. The highest BCUT2D eigenvalue weighted by Gasteiger charge is 2.37. The first kappa shape index (κ1) is 19.6. The molecule has 1 unspecified atom stereocenters. The van der Waals surface area contributed by atoms with Crippen LogP contribution in [0.25, 0.3) is 0 Å². The molecule has 0 radical (unpaired) electrons. The van der Waals surface area contributed by atoms with Gasteiger partial charge >= 0.3 is 0 Å². The van der Waals surface area contributed by atoms with Gasteiger partial charge in [0.2, 0.25) is 0 Å². The van der Waals surface area contributed by atoms with E-state index in [0.717, 1.165) is 17.3 Å². The van der Waals surface area contributed by atoms with Crippen LogP contribution in [-0.2, 0) is 4.74 Å². The molecule has 0 bridgehead atoms. The van der Waals surface area contributed by atoms with Crippen LogP contribution >= 0.6 is 15.9 Å². The number of rotatable bonds is 5. The third kappa shape index (κ3) is 3.77. The molecule has 4 rings (SSSR count). The predicted octanol–water partition coefficient (Wildman–Crippen LogP) is 3.49. The Balaban J connectivity index is 1.55. The molecule has 1 N–H and O–H groups in total. The molecule has 2 heterocycles. The van der Waals surface area contributed by atoms with Crippen molar-refractivity contribution in [3.8, 4) is 5.75 Å². The molecule has 2 aliphatic heterocycles. The number of methoxy groups -OCH3 is 1. The number of amides is 3. The number of carbonyl (C=O) groups excluding carboxylic acids is 3. The Labute approximate surface area is 176 Å². The second-order valence-corrected chi connectivity index (χ2v) is 7.83. The first-order valence-corrected chi connectivity index (χ1v) is 10.0. The molecule has 1 fully saturated rings. The van der Waals surface area contributed by atoms with Gasteiger partial charge in [0.1, 0.15) is 5.75 Å². The molecule has 0 spiro atoms. The molecule has 0 aliphatic carbocycles. The van der Waals surface area contributed by atoms with E-state index in [0.29, 0.717) is 29.2 Å². The zero-order valence-corrected chi connectivity index (χ0v) is 17.3. The number of benzene rings is 2. The molecule has 7 nitrogen and oxygen atoms in total. The van der Waals surface area contributed by atoms with Crippen molar-refractivity contribution in [2.45, 2.75) is 18.9 Å². The SMILES string of the molecule is COc1ccc(Br)cc1C(=O)Nc1ccc2c(c1)C(=O)N(CC1CCCO1)C2=O. The van der Waals surface area contributed by atoms with E-state index in [2.05, 4.69) is 21.2 Å². The average Bonchev–Trinajstić information content (AvgIpc) is 3.31. The second kappa shape index (κ2) is 7.96. The monoisotopic (exact) mass is 458 g/mol. The number of nitrogens with zero attached hydrogens (tertiary/aromatic N) is 1. The number of ether oxygens (including phenoxy) is 2. The topological polar surface area (TPSA) is 84.9 Å². The van der Waals surface area contributed by atoms with E-state index in [1.807, 2.05) is 0 Å². The number of nitrogens with one attached hydrogen (secondary N) is 1. The molecule has 0 aromatic heterocycles. The van der Waals surface area contributed by atoms with Crippen molar-refractivity contribution in [1.29, 1.82) is 0 Å². The Hall–Kier alpha value is -2.71. The number of hydrogen-bond donors (Lipinski definition) is 1. The van der Waals surface area contributed by atoms with Crippen molar-refractivity contribution in [3.05, 3.63) is 57.6 Å². The molecule has 1 atom stereocenters. The summed E-state index contributed by atoms with van der Waals surface area (Å²) in [6, 6.07) is 9.83. The predicted molar refractivity (Wildman–Crippen MR) is 109 cm³/mol. The lowest BCUT2D eigenvalue weighted by Crippen LogP contribution is -2.36. The molecule has 150 valence electrons. The zero-order valence-electron chi connectivity index (χ0n) is 15.7. The largest absolute Gasteiger partial charge is 0.496 e. The number of halogens is 1. The van der Waals surface area contributed by atoms with E-state index < -0.39 is 0 Å². The summed E-state index contributed by atoms with van der Waals surface area (Å²) in [5, 5.41) is 2.77. The third-order valence-electron chi connectivity index (χ3n) is 5.04. The fraction of sp³-hybridized carbons (Fsp3) is 0.286. The molecule has 0 saturated carbocycles. The number of fused-ring (bicyclic) bond motifs is 1. The number of hydrogen-bond acceptors (Lipinski definition) is 5. The van der Waals surface area contributed by atoms with E-state index in [-0.39, 0.29) is 35.9 Å². The number of imide groups is 1. The van der Waals surface area contributed by atoms with Crippen LogP contribution in [0.4, 0.5) is 5.69 Å². The van der Waals surface area contributed by atoms with E-state index in [1.54, 1.807) is 30.3 Å². The summed E-state index contributed by atoms with van der Waals surface area (Å²) in [5.41, 5.74) is 1.40. The fourth-order valence-corrected chi connectivity index (χ4v) is 3.94. The van der Waals surface area contributed by atoms with Gasteiger partial charge in [-0.25, -0.2) is 0 Å². The van der Waals surface area contributed by atoms with E-state index in [9.17, 15) is 14.4 Å². The van der Waals surface area contributed by atoms with E-state index in [4.69, 9.17) is 9.47 Å². The standard InChI is InChI=1S/C21H19BrN2O5/c1-28-18-7-4-12(22)9-17(18)19(25)23-13-5-6-15-16(10-13)21(27)24(20(15)26)11-14-3-2-8-29-14/h4-7,9-10,14H,2-3,8,11H2,1H3,(H,23,25). The lowest BCUT2D eigenvalue weighted by molar-refractivity contribution is 0.0475. The van der Waals surface area contributed by atoms with Crippen LogP contribution in [0.5, 0.6) is 5.75 Å². The maximum Gasteiger partial charge on any atom is 0.261 e. The summed E-state index contributed by atoms with van der Waals surface area (Å²) in [4.78, 5) is 39.3. The van der Waals surface area contributed by atoms with E-state index in [1.165, 1.54) is 18.1 Å². The molecular formula is C21H19BrN2O5. The quantitative estimate of drug-likeness (QED) is 0.693. The van der Waals surface area contributed by atoms with Gasteiger partial charge in [0.25, 0.3) is 17.7 Å². The second-order valence-electron chi connectivity index (χ2n) is 6.92. The van der Waals surface area contributed by atoms with Crippen molar-refractivity contribution in [1.82, 2.24) is 4.90 Å². The van der Waals surface area contributed by atoms with Gasteiger partial charge in [0.15, 0.2) is 0 Å². The minimum Gasteiger partial charge on any atom is -0.496 e. The summed E-state index contributed by atoms with van der Waals surface area (Å²) in [5.74, 6) is -0.638. The molecule has 2 aromatic rings. The van der Waals surface area contributed by atoms with Crippen molar-refractivity contribution in [2.24, 2.45) is 0 Å². The van der Waals surface area contributed by atoms with Gasteiger partial charge in [-0.2, -0.15) is 0 Å². The molecule has 3 amide bonds. The van der Waals surface area contributed by atoms with Crippen LogP contribution in [0.15, 0.2) is 40.9 Å². The van der Waals surface area contributed by atoms with Gasteiger partial charge in [-0.1, -0.05) is 15.9 Å². The van der Waals surface area contributed by atoms with Gasteiger partial charge in [-0.15, -0.1) is 0 Å². The maximum absolute atomic E-state index is 12.8. The van der Waals surface area contributed by atoms with Crippen LogP contribution in [0.1, 0.15) is 43.9 Å². The molecular weight excluding hydrogens is 440 g/mol. The highest BCUT2D eigenvalue weighted by atomic mass is 79.9. The zero-order chi connectivity index (χ0) is 20.5. The first-order chi connectivity index (χ1) is 14.0. The van der Waals surface area contributed by atoms with Crippen LogP contribution < -0.4 is 10.1 Å². The highest BCUT2D eigenvalue weighted by molar-refractivity contribution is 9.10. The van der Waals surface area contributed by atoms with Crippen LogP contribution in [0.2, 0.25) is 0 Å². The molecule has 2 aromatic carbocycles.